The fourth-order valence-corrected chi connectivity index (χ4v) is 6.37. The number of aliphatic hydroxyl groups excluding tert-OH is 1. The Labute approximate surface area is 183 Å². The van der Waals surface area contributed by atoms with Crippen molar-refractivity contribution in [3.8, 4) is 0 Å². The van der Waals surface area contributed by atoms with Gasteiger partial charge in [0.05, 0.1) is 0 Å². The van der Waals surface area contributed by atoms with Gasteiger partial charge in [0.15, 0.2) is 0 Å². The normalized spacial score (nSPS) is 23.6. The first-order valence-electron chi connectivity index (χ1n) is 10.0. The minimum atomic E-state index is -0.550. The third-order valence-electron chi connectivity index (χ3n) is 5.14. The summed E-state index contributed by atoms with van der Waals surface area (Å²) in [5, 5.41) is 9.97. The molecular weight excluding hydrogens is 443 g/mol. The number of aliphatic hydroxyl groups is 1. The molecule has 3 aromatic carbocycles. The summed E-state index contributed by atoms with van der Waals surface area (Å²) in [5.74, 6) is -0.383. The Balaban J connectivity index is 1.57. The molecule has 0 spiro atoms. The Bertz CT molecular complexity index is 933. The van der Waals surface area contributed by atoms with Gasteiger partial charge in [-0.3, -0.25) is 0 Å². The first-order valence-corrected chi connectivity index (χ1v) is 11.9. The van der Waals surface area contributed by atoms with E-state index in [0.717, 1.165) is 5.56 Å². The average molecular weight is 467 g/mol. The Morgan fingerprint density at radius 1 is 0.933 bits per heavy atom. The molecule has 4 atom stereocenters. The second kappa shape index (κ2) is 10.1. The van der Waals surface area contributed by atoms with E-state index < -0.39 is 12.2 Å². The average Bonchev–Trinajstić information content (AvgIpc) is 2.81. The van der Waals surface area contributed by atoms with Crippen molar-refractivity contribution in [1.82, 2.24) is 0 Å². The molecule has 4 nitrogen and oxygen atoms in total. The number of ether oxygens (including phenoxy) is 2. The van der Waals surface area contributed by atoms with E-state index in [1.807, 2.05) is 54.6 Å². The molecule has 3 aromatic rings. The second-order valence-electron chi connectivity index (χ2n) is 7.20. The second-order valence-corrected chi connectivity index (χ2v) is 9.96. The summed E-state index contributed by atoms with van der Waals surface area (Å²) in [6, 6.07) is 29.4. The van der Waals surface area contributed by atoms with Crippen LogP contribution in [0.5, 0.6) is 0 Å². The van der Waals surface area contributed by atoms with Crippen LogP contribution in [0.3, 0.4) is 0 Å². The first kappa shape index (κ1) is 20.8. The summed E-state index contributed by atoms with van der Waals surface area (Å²) < 4.78 is 13.4. The monoisotopic (exact) mass is 468 g/mol. The van der Waals surface area contributed by atoms with Crippen LogP contribution in [0, 0.1) is 0 Å². The zero-order valence-electron chi connectivity index (χ0n) is 16.5. The van der Waals surface area contributed by atoms with Gasteiger partial charge in [-0.15, -0.1) is 0 Å². The van der Waals surface area contributed by atoms with Gasteiger partial charge in [-0.05, 0) is 0 Å². The molecule has 0 aliphatic carbocycles. The first-order chi connectivity index (χ1) is 14.7. The van der Waals surface area contributed by atoms with Crippen LogP contribution in [0.15, 0.2) is 91.0 Å². The van der Waals surface area contributed by atoms with Crippen LogP contribution in [0.25, 0.3) is 0 Å². The van der Waals surface area contributed by atoms with E-state index in [4.69, 9.17) is 9.47 Å². The zero-order valence-corrected chi connectivity index (χ0v) is 18.2. The van der Waals surface area contributed by atoms with Crippen molar-refractivity contribution < 1.29 is 19.4 Å². The van der Waals surface area contributed by atoms with Crippen molar-refractivity contribution in [2.75, 3.05) is 6.61 Å². The van der Waals surface area contributed by atoms with E-state index in [2.05, 4.69) is 24.3 Å². The molecule has 0 bridgehead atoms. The number of hydrogen-bond acceptors (Lipinski definition) is 4. The van der Waals surface area contributed by atoms with Crippen molar-refractivity contribution >= 4 is 25.4 Å². The van der Waals surface area contributed by atoms with Crippen molar-refractivity contribution in [1.29, 1.82) is 0 Å². The Morgan fingerprint density at radius 2 is 1.53 bits per heavy atom. The van der Waals surface area contributed by atoms with E-state index >= 15 is 0 Å². The number of rotatable bonds is 6. The Hall–Kier alpha value is -2.43. The van der Waals surface area contributed by atoms with E-state index in [1.165, 1.54) is 4.46 Å². The topological polar surface area (TPSA) is 55.8 Å². The van der Waals surface area contributed by atoms with Crippen LogP contribution in [-0.2, 0) is 9.47 Å². The number of benzene rings is 3. The van der Waals surface area contributed by atoms with Crippen LogP contribution >= 0.6 is 0 Å². The van der Waals surface area contributed by atoms with E-state index in [0.29, 0.717) is 12.0 Å². The summed E-state index contributed by atoms with van der Waals surface area (Å²) in [4.78, 5) is 12.8. The third kappa shape index (κ3) is 5.00. The number of hydrogen-bond donors (Lipinski definition) is 1. The van der Waals surface area contributed by atoms with Gasteiger partial charge in [0.1, 0.15) is 0 Å². The molecule has 1 saturated heterocycles. The van der Waals surface area contributed by atoms with Crippen molar-refractivity contribution in [3.63, 3.8) is 0 Å². The molecule has 0 saturated carbocycles. The summed E-state index contributed by atoms with van der Waals surface area (Å²) in [6.45, 7) is -0.193. The van der Waals surface area contributed by atoms with Gasteiger partial charge >= 0.3 is 183 Å². The number of carbonyl (C=O) groups excluding carboxylic acids is 1. The molecule has 0 amide bonds. The predicted molar refractivity (Wildman–Crippen MR) is 117 cm³/mol. The SMILES string of the molecule is O=C(O[C@@H]1C[C@@H]([Se]c2ccccc2)[C@H](c2ccccc2)O[C@H]1CO)c1ccccc1. The van der Waals surface area contributed by atoms with Gasteiger partial charge in [-0.25, -0.2) is 0 Å². The molecule has 4 rings (SSSR count). The molecule has 30 heavy (non-hydrogen) atoms. The van der Waals surface area contributed by atoms with Gasteiger partial charge in [0, 0.05) is 0 Å². The summed E-state index contributed by atoms with van der Waals surface area (Å²) in [5.41, 5.74) is 1.59. The maximum atomic E-state index is 12.6. The molecule has 1 N–H and O–H groups in total. The molecule has 0 unspecified atom stereocenters. The fraction of sp³-hybridized carbons (Fsp3) is 0.240. The van der Waals surface area contributed by atoms with Gasteiger partial charge in [0.2, 0.25) is 0 Å². The maximum absolute atomic E-state index is 12.6. The summed E-state index contributed by atoms with van der Waals surface area (Å²) in [6.07, 6.45) is -0.530. The van der Waals surface area contributed by atoms with Crippen molar-refractivity contribution in [2.45, 2.75) is 29.5 Å². The summed E-state index contributed by atoms with van der Waals surface area (Å²) in [7, 11) is 0. The molecule has 1 heterocycles. The molecular formula is C25H24O4Se. The van der Waals surface area contributed by atoms with Gasteiger partial charge < -0.3 is 0 Å². The van der Waals surface area contributed by atoms with Gasteiger partial charge in [-0.2, -0.15) is 0 Å². The minimum absolute atomic E-state index is 0.125. The van der Waals surface area contributed by atoms with Crippen LogP contribution in [0.1, 0.15) is 28.4 Å². The van der Waals surface area contributed by atoms with Crippen LogP contribution in [0.2, 0.25) is 4.82 Å². The molecule has 0 radical (unpaired) electrons. The molecule has 154 valence electrons. The van der Waals surface area contributed by atoms with Gasteiger partial charge in [0.25, 0.3) is 0 Å². The van der Waals surface area contributed by atoms with Gasteiger partial charge in [-0.1, -0.05) is 0 Å². The van der Waals surface area contributed by atoms with E-state index in [1.54, 1.807) is 12.1 Å². The van der Waals surface area contributed by atoms with Crippen molar-refractivity contribution in [2.24, 2.45) is 0 Å². The van der Waals surface area contributed by atoms with Crippen LogP contribution in [-0.4, -0.2) is 44.8 Å². The molecule has 1 aliphatic rings. The van der Waals surface area contributed by atoms with Crippen LogP contribution in [0.4, 0.5) is 0 Å². The molecule has 1 fully saturated rings. The standard InChI is InChI=1S/C25H24O4Se/c26-17-22-21(29-25(27)19-12-6-2-7-13-19)16-23(30-20-14-8-3-9-15-20)24(28-22)18-10-4-1-5-11-18/h1-15,21-24,26H,16-17H2/t21-,22+,23-,24+/m1/s1. The van der Waals surface area contributed by atoms with Crippen LogP contribution < -0.4 is 4.46 Å². The van der Waals surface area contributed by atoms with Crippen molar-refractivity contribution in [3.05, 3.63) is 102 Å². The number of carbonyl (C=O) groups is 1. The molecule has 1 aliphatic heterocycles. The van der Waals surface area contributed by atoms with E-state index in [9.17, 15) is 9.90 Å². The third-order valence-corrected chi connectivity index (χ3v) is 7.84. The fourth-order valence-electron chi connectivity index (χ4n) is 3.65. The quantitative estimate of drug-likeness (QED) is 0.445. The number of esters is 1. The Morgan fingerprint density at radius 3 is 2.17 bits per heavy atom. The Kier molecular flexibility index (Phi) is 6.98. The molecule has 5 heteroatoms. The molecule has 0 aromatic heterocycles. The predicted octanol–water partition coefficient (Wildman–Crippen LogP) is 3.55. The van der Waals surface area contributed by atoms with E-state index in [-0.39, 0.29) is 38.5 Å². The summed E-state index contributed by atoms with van der Waals surface area (Å²) >= 11 is 0.125. The zero-order chi connectivity index (χ0) is 20.8.